The zero-order chi connectivity index (χ0) is 23.1. The summed E-state index contributed by atoms with van der Waals surface area (Å²) in [5.74, 6) is -0.135. The van der Waals surface area contributed by atoms with Crippen LogP contribution in [0.25, 0.3) is 0 Å². The number of hydrogen-bond acceptors (Lipinski definition) is 5. The van der Waals surface area contributed by atoms with E-state index in [1.165, 1.54) is 0 Å². The Morgan fingerprint density at radius 2 is 1.66 bits per heavy atom. The Labute approximate surface area is 190 Å². The van der Waals surface area contributed by atoms with Gasteiger partial charge in [0.05, 0.1) is 23.5 Å². The van der Waals surface area contributed by atoms with E-state index in [1.807, 2.05) is 51.1 Å². The summed E-state index contributed by atoms with van der Waals surface area (Å²) < 4.78 is 5.58. The molecule has 2 aromatic rings. The summed E-state index contributed by atoms with van der Waals surface area (Å²) in [5.41, 5.74) is 2.19. The topological polar surface area (TPSA) is 73.9 Å². The highest BCUT2D eigenvalue weighted by Crippen LogP contribution is 2.27. The van der Waals surface area contributed by atoms with E-state index in [1.54, 1.807) is 18.2 Å². The molecule has 7 heteroatoms. The fraction of sp³-hybridized carbons (Fsp3) is 0.440. The minimum atomic E-state index is -0.683. The SMILES string of the molecule is CCOc1ccccc1C(=O)NC(C(=O)Nc1ccccc1N1CCN(C)CC1)C(C)C. The molecule has 172 valence electrons. The van der Waals surface area contributed by atoms with Crippen molar-refractivity contribution in [3.8, 4) is 5.75 Å². The quantitative estimate of drug-likeness (QED) is 0.662. The third kappa shape index (κ3) is 5.79. The highest BCUT2D eigenvalue weighted by molar-refractivity contribution is 6.03. The molecule has 3 rings (SSSR count). The minimum Gasteiger partial charge on any atom is -0.493 e. The zero-order valence-corrected chi connectivity index (χ0v) is 19.4. The van der Waals surface area contributed by atoms with Crippen LogP contribution in [0.2, 0.25) is 0 Å². The minimum absolute atomic E-state index is 0.0889. The van der Waals surface area contributed by atoms with E-state index in [2.05, 4.69) is 27.5 Å². The molecule has 1 saturated heterocycles. The molecule has 1 atom stereocenters. The average Bonchev–Trinajstić information content (AvgIpc) is 2.78. The summed E-state index contributed by atoms with van der Waals surface area (Å²) in [5, 5.41) is 5.96. The number of ether oxygens (including phenoxy) is 1. The second kappa shape index (κ2) is 11.0. The molecule has 1 aliphatic heterocycles. The van der Waals surface area contributed by atoms with Crippen molar-refractivity contribution < 1.29 is 14.3 Å². The number of hydrogen-bond donors (Lipinski definition) is 2. The average molecular weight is 439 g/mol. The van der Waals surface area contributed by atoms with Crippen molar-refractivity contribution in [1.82, 2.24) is 10.2 Å². The van der Waals surface area contributed by atoms with Crippen molar-refractivity contribution in [2.24, 2.45) is 5.92 Å². The van der Waals surface area contributed by atoms with Gasteiger partial charge in [-0.05, 0) is 44.2 Å². The highest BCUT2D eigenvalue weighted by Gasteiger charge is 2.27. The van der Waals surface area contributed by atoms with Crippen LogP contribution in [0.1, 0.15) is 31.1 Å². The lowest BCUT2D eigenvalue weighted by molar-refractivity contribution is -0.118. The van der Waals surface area contributed by atoms with E-state index in [9.17, 15) is 9.59 Å². The number of amides is 2. The normalized spacial score (nSPS) is 15.3. The summed E-state index contributed by atoms with van der Waals surface area (Å²) in [6.45, 7) is 9.94. The molecule has 2 N–H and O–H groups in total. The fourth-order valence-electron chi connectivity index (χ4n) is 3.80. The summed E-state index contributed by atoms with van der Waals surface area (Å²) in [6, 6.07) is 14.2. The maximum absolute atomic E-state index is 13.2. The van der Waals surface area contributed by atoms with Crippen LogP contribution in [-0.4, -0.2) is 62.6 Å². The van der Waals surface area contributed by atoms with E-state index in [4.69, 9.17) is 4.74 Å². The molecular formula is C25H34N4O3. The van der Waals surface area contributed by atoms with Crippen molar-refractivity contribution >= 4 is 23.2 Å². The summed E-state index contributed by atoms with van der Waals surface area (Å²) in [6.07, 6.45) is 0. The summed E-state index contributed by atoms with van der Waals surface area (Å²) >= 11 is 0. The van der Waals surface area contributed by atoms with Gasteiger partial charge >= 0.3 is 0 Å². The highest BCUT2D eigenvalue weighted by atomic mass is 16.5. The second-order valence-electron chi connectivity index (χ2n) is 8.42. The zero-order valence-electron chi connectivity index (χ0n) is 19.4. The number of nitrogens with zero attached hydrogens (tertiary/aromatic N) is 2. The largest absolute Gasteiger partial charge is 0.493 e. The molecule has 2 aromatic carbocycles. The van der Waals surface area contributed by atoms with Gasteiger partial charge in [-0.2, -0.15) is 0 Å². The van der Waals surface area contributed by atoms with E-state index >= 15 is 0 Å². The van der Waals surface area contributed by atoms with Gasteiger partial charge in [-0.1, -0.05) is 38.1 Å². The molecule has 1 unspecified atom stereocenters. The number of anilines is 2. The van der Waals surface area contributed by atoms with Gasteiger partial charge in [0.1, 0.15) is 11.8 Å². The smallest absolute Gasteiger partial charge is 0.255 e. The molecule has 0 radical (unpaired) electrons. The van der Waals surface area contributed by atoms with Crippen molar-refractivity contribution in [1.29, 1.82) is 0 Å². The van der Waals surface area contributed by atoms with Crippen LogP contribution >= 0.6 is 0 Å². The second-order valence-corrected chi connectivity index (χ2v) is 8.42. The molecule has 1 heterocycles. The summed E-state index contributed by atoms with van der Waals surface area (Å²) in [4.78, 5) is 30.8. The van der Waals surface area contributed by atoms with E-state index in [-0.39, 0.29) is 17.7 Å². The predicted octanol–water partition coefficient (Wildman–Crippen LogP) is 3.23. The first-order valence-corrected chi connectivity index (χ1v) is 11.3. The third-order valence-electron chi connectivity index (χ3n) is 5.67. The number of benzene rings is 2. The van der Waals surface area contributed by atoms with Gasteiger partial charge in [0, 0.05) is 26.2 Å². The fourth-order valence-corrected chi connectivity index (χ4v) is 3.80. The Kier molecular flexibility index (Phi) is 8.11. The number of carbonyl (C=O) groups excluding carboxylic acids is 2. The predicted molar refractivity (Wildman–Crippen MR) is 128 cm³/mol. The van der Waals surface area contributed by atoms with Crippen LogP contribution in [0.15, 0.2) is 48.5 Å². The molecule has 0 bridgehead atoms. The van der Waals surface area contributed by atoms with Gasteiger partial charge in [-0.25, -0.2) is 0 Å². The monoisotopic (exact) mass is 438 g/mol. The molecule has 1 fully saturated rings. The van der Waals surface area contributed by atoms with Crippen LogP contribution < -0.4 is 20.3 Å². The van der Waals surface area contributed by atoms with Gasteiger partial charge in [0.25, 0.3) is 5.91 Å². The van der Waals surface area contributed by atoms with Crippen molar-refractivity contribution in [3.05, 3.63) is 54.1 Å². The number of carbonyl (C=O) groups is 2. The van der Waals surface area contributed by atoms with Crippen LogP contribution in [0.5, 0.6) is 5.75 Å². The molecule has 0 saturated carbocycles. The first kappa shape index (κ1) is 23.6. The Balaban J connectivity index is 1.75. The van der Waals surface area contributed by atoms with E-state index in [0.717, 1.165) is 37.6 Å². The standard InChI is InChI=1S/C25H34N4O3/c1-5-32-22-13-9-6-10-19(22)24(30)27-23(18(2)3)25(31)26-20-11-7-8-12-21(20)29-16-14-28(4)15-17-29/h6-13,18,23H,5,14-17H2,1-4H3,(H,26,31)(H,27,30). The van der Waals surface area contributed by atoms with Crippen LogP contribution in [0.4, 0.5) is 11.4 Å². The lowest BCUT2D eigenvalue weighted by atomic mass is 10.0. The van der Waals surface area contributed by atoms with Crippen LogP contribution in [-0.2, 0) is 4.79 Å². The number of likely N-dealkylation sites (N-methyl/N-ethyl adjacent to an activating group) is 1. The van der Waals surface area contributed by atoms with Crippen molar-refractivity contribution in [2.45, 2.75) is 26.8 Å². The van der Waals surface area contributed by atoms with Gasteiger partial charge in [0.2, 0.25) is 5.91 Å². The molecule has 0 aliphatic carbocycles. The summed E-state index contributed by atoms with van der Waals surface area (Å²) in [7, 11) is 2.12. The van der Waals surface area contributed by atoms with E-state index < -0.39 is 6.04 Å². The number of rotatable bonds is 8. The Morgan fingerprint density at radius 1 is 1.00 bits per heavy atom. The van der Waals surface area contributed by atoms with Crippen molar-refractivity contribution in [2.75, 3.05) is 50.1 Å². The molecule has 7 nitrogen and oxygen atoms in total. The Hall–Kier alpha value is -3.06. The van der Waals surface area contributed by atoms with Gasteiger partial charge in [0.15, 0.2) is 0 Å². The van der Waals surface area contributed by atoms with Gasteiger partial charge < -0.3 is 25.2 Å². The third-order valence-corrected chi connectivity index (χ3v) is 5.67. The lowest BCUT2D eigenvalue weighted by Gasteiger charge is -2.35. The van der Waals surface area contributed by atoms with Gasteiger partial charge in [-0.15, -0.1) is 0 Å². The van der Waals surface area contributed by atoms with Crippen molar-refractivity contribution in [3.63, 3.8) is 0 Å². The lowest BCUT2D eigenvalue weighted by Crippen LogP contribution is -2.47. The molecule has 0 aromatic heterocycles. The number of piperazine rings is 1. The van der Waals surface area contributed by atoms with Gasteiger partial charge in [-0.3, -0.25) is 9.59 Å². The molecule has 32 heavy (non-hydrogen) atoms. The number of nitrogens with one attached hydrogen (secondary N) is 2. The number of para-hydroxylation sites is 3. The maximum atomic E-state index is 13.2. The Bertz CT molecular complexity index is 923. The maximum Gasteiger partial charge on any atom is 0.255 e. The first-order chi connectivity index (χ1) is 15.4. The molecule has 2 amide bonds. The molecular weight excluding hydrogens is 404 g/mol. The molecule has 0 spiro atoms. The van der Waals surface area contributed by atoms with Crippen LogP contribution in [0.3, 0.4) is 0 Å². The van der Waals surface area contributed by atoms with E-state index in [0.29, 0.717) is 17.9 Å². The Morgan fingerprint density at radius 3 is 2.34 bits per heavy atom. The van der Waals surface area contributed by atoms with Crippen LogP contribution in [0, 0.1) is 5.92 Å². The molecule has 1 aliphatic rings. The first-order valence-electron chi connectivity index (χ1n) is 11.3.